The number of ether oxygens (including phenoxy) is 2. The Balaban J connectivity index is 1.48. The number of hydrogen-bond acceptors (Lipinski definition) is 4. The van der Waals surface area contributed by atoms with Crippen molar-refractivity contribution in [3.8, 4) is 0 Å². The van der Waals surface area contributed by atoms with Gasteiger partial charge in [-0.3, -0.25) is 0 Å². The van der Waals surface area contributed by atoms with E-state index < -0.39 is 8.32 Å². The van der Waals surface area contributed by atoms with E-state index >= 15 is 0 Å². The number of rotatable bonds is 9. The fourth-order valence-electron chi connectivity index (χ4n) is 5.48. The summed E-state index contributed by atoms with van der Waals surface area (Å²) in [6.07, 6.45) is 5.58. The van der Waals surface area contributed by atoms with Crippen molar-refractivity contribution < 1.29 is 18.7 Å². The molecule has 0 unspecified atom stereocenters. The summed E-state index contributed by atoms with van der Waals surface area (Å²) in [4.78, 5) is 12.4. The predicted molar refractivity (Wildman–Crippen MR) is 161 cm³/mol. The standard InChI is InChI=1S/C34H42O4Si/c1-26-21-23-29(24-22-27(2)37-33(35)28-15-9-6-10-16-28)38-32(26)25-36-39(34(3,4)5,30-17-11-7-12-18-30)31-19-13-8-14-20-31/h6-20,22,24,26-27,29,32H,21,23,25H2,1-5H3/b24-22+/t26-,27-,29+,32+/m1/s1. The molecular formula is C34H42O4Si. The fourth-order valence-corrected chi connectivity index (χ4v) is 10.1. The van der Waals surface area contributed by atoms with Crippen molar-refractivity contribution in [1.29, 1.82) is 0 Å². The molecule has 1 fully saturated rings. The molecule has 0 aliphatic carbocycles. The maximum Gasteiger partial charge on any atom is 0.338 e. The van der Waals surface area contributed by atoms with Gasteiger partial charge >= 0.3 is 5.97 Å². The zero-order valence-corrected chi connectivity index (χ0v) is 24.9. The van der Waals surface area contributed by atoms with Gasteiger partial charge in [0.2, 0.25) is 0 Å². The third kappa shape index (κ3) is 6.96. The van der Waals surface area contributed by atoms with Crippen LogP contribution < -0.4 is 10.4 Å². The molecule has 4 atom stereocenters. The summed E-state index contributed by atoms with van der Waals surface area (Å²) < 4.78 is 19.4. The molecule has 1 aliphatic heterocycles. The Morgan fingerprint density at radius 2 is 1.46 bits per heavy atom. The number of hydrogen-bond donors (Lipinski definition) is 0. The van der Waals surface area contributed by atoms with E-state index in [1.807, 2.05) is 37.3 Å². The Morgan fingerprint density at radius 1 is 0.923 bits per heavy atom. The lowest BCUT2D eigenvalue weighted by Gasteiger charge is -2.44. The van der Waals surface area contributed by atoms with Crippen LogP contribution in [0.3, 0.4) is 0 Å². The first-order valence-electron chi connectivity index (χ1n) is 14.1. The molecule has 0 bridgehead atoms. The van der Waals surface area contributed by atoms with Gasteiger partial charge in [-0.2, -0.15) is 0 Å². The van der Waals surface area contributed by atoms with Gasteiger partial charge in [0, 0.05) is 0 Å². The highest BCUT2D eigenvalue weighted by Crippen LogP contribution is 2.37. The molecule has 0 radical (unpaired) electrons. The van der Waals surface area contributed by atoms with E-state index in [4.69, 9.17) is 13.9 Å². The summed E-state index contributed by atoms with van der Waals surface area (Å²) in [5.41, 5.74) is 0.557. The molecule has 3 aromatic carbocycles. The van der Waals surface area contributed by atoms with Crippen molar-refractivity contribution in [1.82, 2.24) is 0 Å². The summed E-state index contributed by atoms with van der Waals surface area (Å²) in [5, 5.41) is 2.47. The van der Waals surface area contributed by atoms with Crippen molar-refractivity contribution >= 4 is 24.7 Å². The third-order valence-electron chi connectivity index (χ3n) is 7.67. The van der Waals surface area contributed by atoms with Gasteiger partial charge in [0.05, 0.1) is 24.4 Å². The molecule has 5 heteroatoms. The van der Waals surface area contributed by atoms with Crippen LogP contribution >= 0.6 is 0 Å². The summed E-state index contributed by atoms with van der Waals surface area (Å²) in [6, 6.07) is 30.6. The number of esters is 1. The Kier molecular flexibility index (Phi) is 9.60. The Labute approximate surface area is 235 Å². The number of carbonyl (C=O) groups excluding carboxylic acids is 1. The van der Waals surface area contributed by atoms with Crippen LogP contribution in [0.4, 0.5) is 0 Å². The summed E-state index contributed by atoms with van der Waals surface area (Å²) in [5.74, 6) is 0.0729. The molecule has 3 aromatic rings. The minimum atomic E-state index is -2.63. The van der Waals surface area contributed by atoms with Gasteiger partial charge in [0.1, 0.15) is 6.10 Å². The van der Waals surface area contributed by atoms with Crippen LogP contribution in [0.15, 0.2) is 103 Å². The van der Waals surface area contributed by atoms with E-state index in [2.05, 4.69) is 88.4 Å². The predicted octanol–water partition coefficient (Wildman–Crippen LogP) is 6.55. The number of carbonyl (C=O) groups is 1. The van der Waals surface area contributed by atoms with E-state index in [0.29, 0.717) is 18.1 Å². The van der Waals surface area contributed by atoms with E-state index in [-0.39, 0.29) is 29.3 Å². The number of benzene rings is 3. The molecule has 0 aromatic heterocycles. The van der Waals surface area contributed by atoms with Crippen LogP contribution in [0.25, 0.3) is 0 Å². The molecule has 206 valence electrons. The molecule has 0 N–H and O–H groups in total. The molecule has 1 heterocycles. The van der Waals surface area contributed by atoms with Gasteiger partial charge in [0.15, 0.2) is 0 Å². The van der Waals surface area contributed by atoms with Crippen LogP contribution in [0, 0.1) is 5.92 Å². The summed E-state index contributed by atoms with van der Waals surface area (Å²) in [6.45, 7) is 11.6. The quantitative estimate of drug-likeness (QED) is 0.175. The first kappa shape index (κ1) is 29.0. The highest BCUT2D eigenvalue weighted by atomic mass is 28.4. The highest BCUT2D eigenvalue weighted by Gasteiger charge is 2.50. The normalized spacial score (nSPS) is 21.0. The monoisotopic (exact) mass is 542 g/mol. The zero-order chi connectivity index (χ0) is 27.9. The van der Waals surface area contributed by atoms with Gasteiger partial charge in [-0.1, -0.05) is 113 Å². The molecule has 0 saturated carbocycles. The topological polar surface area (TPSA) is 44.8 Å². The minimum absolute atomic E-state index is 0.0165. The minimum Gasteiger partial charge on any atom is -0.455 e. The average Bonchev–Trinajstić information content (AvgIpc) is 2.94. The second kappa shape index (κ2) is 12.9. The lowest BCUT2D eigenvalue weighted by molar-refractivity contribution is -0.0774. The van der Waals surface area contributed by atoms with Crippen LogP contribution in [-0.4, -0.2) is 39.2 Å². The van der Waals surface area contributed by atoms with E-state index in [1.165, 1.54) is 10.4 Å². The van der Waals surface area contributed by atoms with Gasteiger partial charge in [0.25, 0.3) is 8.32 Å². The molecule has 0 amide bonds. The first-order chi connectivity index (χ1) is 18.7. The summed E-state index contributed by atoms with van der Waals surface area (Å²) in [7, 11) is -2.63. The van der Waals surface area contributed by atoms with Crippen molar-refractivity contribution in [2.45, 2.75) is 70.8 Å². The van der Waals surface area contributed by atoms with E-state index in [0.717, 1.165) is 12.8 Å². The maximum absolute atomic E-state index is 12.4. The lowest BCUT2D eigenvalue weighted by atomic mass is 9.93. The SMILES string of the molecule is C[C@H](/C=C/[C@@H]1CC[C@@H](C)[C@H](CO[Si](c2ccccc2)(c2ccccc2)C(C)(C)C)O1)OC(=O)c1ccccc1. The van der Waals surface area contributed by atoms with Crippen molar-refractivity contribution in [2.24, 2.45) is 5.92 Å². The molecule has 4 rings (SSSR count). The van der Waals surface area contributed by atoms with Crippen LogP contribution in [0.5, 0.6) is 0 Å². The molecule has 4 nitrogen and oxygen atoms in total. The average molecular weight is 543 g/mol. The van der Waals surface area contributed by atoms with Gasteiger partial charge in [-0.05, 0) is 59.3 Å². The Morgan fingerprint density at radius 3 is 2.00 bits per heavy atom. The summed E-state index contributed by atoms with van der Waals surface area (Å²) >= 11 is 0. The van der Waals surface area contributed by atoms with Crippen LogP contribution in [0.2, 0.25) is 5.04 Å². The molecule has 1 aliphatic rings. The molecule has 0 spiro atoms. The van der Waals surface area contributed by atoms with E-state index in [9.17, 15) is 4.79 Å². The third-order valence-corrected chi connectivity index (χ3v) is 12.7. The fraction of sp³-hybridized carbons (Fsp3) is 0.382. The second-order valence-corrected chi connectivity index (χ2v) is 15.9. The van der Waals surface area contributed by atoms with Gasteiger partial charge in [-0.25, -0.2) is 4.79 Å². The van der Waals surface area contributed by atoms with Crippen molar-refractivity contribution in [2.75, 3.05) is 6.61 Å². The van der Waals surface area contributed by atoms with Crippen molar-refractivity contribution in [3.05, 3.63) is 109 Å². The first-order valence-corrected chi connectivity index (χ1v) is 16.0. The smallest absolute Gasteiger partial charge is 0.338 e. The van der Waals surface area contributed by atoms with Crippen LogP contribution in [0.1, 0.15) is 57.8 Å². The Hall–Kier alpha value is -2.99. The maximum atomic E-state index is 12.4. The molecule has 39 heavy (non-hydrogen) atoms. The highest BCUT2D eigenvalue weighted by molar-refractivity contribution is 6.99. The zero-order valence-electron chi connectivity index (χ0n) is 23.9. The second-order valence-electron chi connectivity index (χ2n) is 11.6. The van der Waals surface area contributed by atoms with E-state index in [1.54, 1.807) is 12.1 Å². The largest absolute Gasteiger partial charge is 0.455 e. The van der Waals surface area contributed by atoms with Crippen molar-refractivity contribution in [3.63, 3.8) is 0 Å². The lowest BCUT2D eigenvalue weighted by Crippen LogP contribution is -2.67. The van der Waals surface area contributed by atoms with Gasteiger partial charge < -0.3 is 13.9 Å². The van der Waals surface area contributed by atoms with Gasteiger partial charge in [-0.15, -0.1) is 0 Å². The Bertz CT molecular complexity index is 1160. The van der Waals surface area contributed by atoms with Crippen LogP contribution in [-0.2, 0) is 13.9 Å². The molecular weight excluding hydrogens is 500 g/mol. The molecule has 1 saturated heterocycles.